The van der Waals surface area contributed by atoms with Gasteiger partial charge in [-0.3, -0.25) is 9.59 Å². The number of Topliss-reactive ketones (excluding diaryl/α,β-unsaturated/α-hetero) is 1. The lowest BCUT2D eigenvalue weighted by molar-refractivity contribution is -0.142. The molecule has 2 aromatic rings. The van der Waals surface area contributed by atoms with Crippen LogP contribution in [0.3, 0.4) is 0 Å². The number of rotatable bonds is 10. The lowest BCUT2D eigenvalue weighted by Crippen LogP contribution is -2.40. The Morgan fingerprint density at radius 1 is 1.09 bits per heavy atom. The zero-order valence-corrected chi connectivity index (χ0v) is 19.9. The molecule has 1 saturated heterocycles. The number of carbonyl (C=O) groups excluding carboxylic acids is 2. The van der Waals surface area contributed by atoms with E-state index >= 15 is 0 Å². The highest BCUT2D eigenvalue weighted by atomic mass is 35.5. The van der Waals surface area contributed by atoms with Crippen LogP contribution in [0.25, 0.3) is 0 Å². The molecule has 178 valence electrons. The molecule has 0 amide bonds. The molecule has 0 radical (unpaired) electrons. The Bertz CT molecular complexity index is 1080. The average Bonchev–Trinajstić information content (AvgIpc) is 2.83. The van der Waals surface area contributed by atoms with Crippen molar-refractivity contribution >= 4 is 33.4 Å². The van der Waals surface area contributed by atoms with E-state index in [-0.39, 0.29) is 16.9 Å². The van der Waals surface area contributed by atoms with E-state index in [1.165, 1.54) is 28.6 Å². The summed E-state index contributed by atoms with van der Waals surface area (Å²) in [5, 5.41) is 0.656. The van der Waals surface area contributed by atoms with Gasteiger partial charge in [0.05, 0.1) is 24.7 Å². The number of halogens is 1. The van der Waals surface area contributed by atoms with Gasteiger partial charge in [0.25, 0.3) is 0 Å². The second-order valence-corrected chi connectivity index (χ2v) is 9.83. The SMILES string of the molecule is Cc1cc(OCCCC(=O)OCC(=O)c2ccc(S(=O)(=O)N3CCOCC3)cc2)ccc1Cl. The lowest BCUT2D eigenvalue weighted by atomic mass is 10.1. The van der Waals surface area contributed by atoms with Gasteiger partial charge in [-0.2, -0.15) is 4.31 Å². The van der Waals surface area contributed by atoms with Crippen molar-refractivity contribution in [3.8, 4) is 5.75 Å². The molecule has 0 N–H and O–H groups in total. The number of ether oxygens (including phenoxy) is 3. The Hall–Kier alpha value is -2.46. The summed E-state index contributed by atoms with van der Waals surface area (Å²) < 4.78 is 42.4. The lowest BCUT2D eigenvalue weighted by Gasteiger charge is -2.26. The molecule has 0 saturated carbocycles. The quantitative estimate of drug-likeness (QED) is 0.283. The molecule has 0 bridgehead atoms. The molecule has 0 atom stereocenters. The summed E-state index contributed by atoms with van der Waals surface area (Å²) in [6.45, 7) is 3.09. The van der Waals surface area contributed by atoms with Crippen LogP contribution in [-0.2, 0) is 24.3 Å². The molecule has 0 unspecified atom stereocenters. The molecule has 33 heavy (non-hydrogen) atoms. The van der Waals surface area contributed by atoms with Gasteiger partial charge in [-0.05, 0) is 61.4 Å². The summed E-state index contributed by atoms with van der Waals surface area (Å²) in [7, 11) is -3.63. The molecule has 8 nitrogen and oxygen atoms in total. The predicted octanol–water partition coefficient (Wildman–Crippen LogP) is 3.25. The average molecular weight is 496 g/mol. The Morgan fingerprint density at radius 2 is 1.79 bits per heavy atom. The normalized spacial score (nSPS) is 14.6. The molecule has 0 spiro atoms. The molecular weight excluding hydrogens is 470 g/mol. The number of hydrogen-bond donors (Lipinski definition) is 0. The van der Waals surface area contributed by atoms with Crippen molar-refractivity contribution in [1.29, 1.82) is 0 Å². The smallest absolute Gasteiger partial charge is 0.306 e. The Morgan fingerprint density at radius 3 is 2.45 bits per heavy atom. The monoisotopic (exact) mass is 495 g/mol. The van der Waals surface area contributed by atoms with Crippen LogP contribution < -0.4 is 4.74 Å². The third-order valence-corrected chi connectivity index (χ3v) is 7.41. The fourth-order valence-electron chi connectivity index (χ4n) is 3.16. The van der Waals surface area contributed by atoms with E-state index < -0.39 is 28.4 Å². The summed E-state index contributed by atoms with van der Waals surface area (Å²) in [6.07, 6.45) is 0.541. The standard InChI is InChI=1S/C23H26ClNO7S/c1-17-15-19(6-9-21(17)24)31-12-2-3-23(27)32-16-22(26)18-4-7-20(8-5-18)33(28,29)25-10-13-30-14-11-25/h4-9,15H,2-3,10-14,16H2,1H3. The summed E-state index contributed by atoms with van der Waals surface area (Å²) in [5.74, 6) is -0.253. The van der Waals surface area contributed by atoms with E-state index in [1.54, 1.807) is 12.1 Å². The third-order valence-electron chi connectivity index (χ3n) is 5.07. The zero-order chi connectivity index (χ0) is 23.8. The minimum absolute atomic E-state index is 0.105. The van der Waals surface area contributed by atoms with Crippen molar-refractivity contribution in [2.75, 3.05) is 39.5 Å². The van der Waals surface area contributed by atoms with E-state index in [1.807, 2.05) is 13.0 Å². The van der Waals surface area contributed by atoms with Crippen LogP contribution in [0.2, 0.25) is 5.02 Å². The van der Waals surface area contributed by atoms with Crippen molar-refractivity contribution in [3.63, 3.8) is 0 Å². The first-order valence-corrected chi connectivity index (χ1v) is 12.3. The van der Waals surface area contributed by atoms with E-state index in [2.05, 4.69) is 0 Å². The van der Waals surface area contributed by atoms with Gasteiger partial charge in [-0.1, -0.05) is 11.6 Å². The summed E-state index contributed by atoms with van der Waals surface area (Å²) in [5.41, 5.74) is 1.17. The number of aryl methyl sites for hydroxylation is 1. The van der Waals surface area contributed by atoms with Crippen LogP contribution in [0.1, 0.15) is 28.8 Å². The first-order chi connectivity index (χ1) is 15.8. The molecular formula is C23H26ClNO7S. The fourth-order valence-corrected chi connectivity index (χ4v) is 4.69. The van der Waals surface area contributed by atoms with Gasteiger partial charge < -0.3 is 14.2 Å². The molecule has 0 aliphatic carbocycles. The van der Waals surface area contributed by atoms with Crippen molar-refractivity contribution in [3.05, 3.63) is 58.6 Å². The van der Waals surface area contributed by atoms with E-state index in [9.17, 15) is 18.0 Å². The minimum atomic E-state index is -3.63. The van der Waals surface area contributed by atoms with Crippen molar-refractivity contribution in [1.82, 2.24) is 4.31 Å². The predicted molar refractivity (Wildman–Crippen MR) is 122 cm³/mol. The fraction of sp³-hybridized carbons (Fsp3) is 0.391. The highest BCUT2D eigenvalue weighted by Crippen LogP contribution is 2.21. The van der Waals surface area contributed by atoms with Crippen LogP contribution in [0.15, 0.2) is 47.4 Å². The van der Waals surface area contributed by atoms with Crippen LogP contribution in [-0.4, -0.2) is 64.0 Å². The largest absolute Gasteiger partial charge is 0.494 e. The topological polar surface area (TPSA) is 99.2 Å². The molecule has 1 heterocycles. The van der Waals surface area contributed by atoms with Crippen molar-refractivity contribution in [2.24, 2.45) is 0 Å². The number of benzene rings is 2. The number of carbonyl (C=O) groups is 2. The van der Waals surface area contributed by atoms with Crippen LogP contribution in [0.5, 0.6) is 5.75 Å². The Kier molecular flexibility index (Phi) is 8.85. The van der Waals surface area contributed by atoms with Crippen LogP contribution >= 0.6 is 11.6 Å². The Labute approximate surface area is 198 Å². The number of nitrogens with zero attached hydrogens (tertiary/aromatic N) is 1. The van der Waals surface area contributed by atoms with Crippen molar-refractivity contribution in [2.45, 2.75) is 24.7 Å². The number of sulfonamides is 1. The van der Waals surface area contributed by atoms with Gasteiger partial charge >= 0.3 is 5.97 Å². The highest BCUT2D eigenvalue weighted by Gasteiger charge is 2.26. The molecule has 1 aliphatic rings. The third kappa shape index (κ3) is 7.01. The van der Waals surface area contributed by atoms with E-state index in [0.717, 1.165) is 5.56 Å². The minimum Gasteiger partial charge on any atom is -0.494 e. The van der Waals surface area contributed by atoms with Gasteiger partial charge in [0, 0.05) is 30.1 Å². The number of ketones is 1. The van der Waals surface area contributed by atoms with Crippen molar-refractivity contribution < 1.29 is 32.2 Å². The van der Waals surface area contributed by atoms with Gasteiger partial charge in [0.1, 0.15) is 5.75 Å². The molecule has 2 aromatic carbocycles. The second-order valence-electron chi connectivity index (χ2n) is 7.49. The second kappa shape index (κ2) is 11.6. The number of esters is 1. The molecule has 3 rings (SSSR count). The number of morpholine rings is 1. The maximum absolute atomic E-state index is 12.6. The molecule has 10 heteroatoms. The molecule has 1 aliphatic heterocycles. The number of hydrogen-bond acceptors (Lipinski definition) is 7. The highest BCUT2D eigenvalue weighted by molar-refractivity contribution is 7.89. The molecule has 1 fully saturated rings. The van der Waals surface area contributed by atoms with E-state index in [4.69, 9.17) is 25.8 Å². The molecule has 0 aromatic heterocycles. The summed E-state index contributed by atoms with van der Waals surface area (Å²) in [4.78, 5) is 24.3. The Balaban J connectivity index is 1.41. The van der Waals surface area contributed by atoms with Gasteiger partial charge in [0.2, 0.25) is 10.0 Å². The summed E-state index contributed by atoms with van der Waals surface area (Å²) in [6, 6.07) is 10.9. The first-order valence-electron chi connectivity index (χ1n) is 10.5. The van der Waals surface area contributed by atoms with Gasteiger partial charge in [-0.15, -0.1) is 0 Å². The maximum Gasteiger partial charge on any atom is 0.306 e. The zero-order valence-electron chi connectivity index (χ0n) is 18.3. The summed E-state index contributed by atoms with van der Waals surface area (Å²) >= 11 is 5.97. The van der Waals surface area contributed by atoms with Gasteiger partial charge in [0.15, 0.2) is 12.4 Å². The first kappa shape index (κ1) is 25.2. The van der Waals surface area contributed by atoms with Gasteiger partial charge in [-0.25, -0.2) is 8.42 Å². The van der Waals surface area contributed by atoms with Crippen LogP contribution in [0, 0.1) is 6.92 Å². The van der Waals surface area contributed by atoms with Crippen LogP contribution in [0.4, 0.5) is 0 Å². The van der Waals surface area contributed by atoms with E-state index in [0.29, 0.717) is 50.1 Å². The maximum atomic E-state index is 12.6.